The van der Waals surface area contributed by atoms with Gasteiger partial charge in [-0.2, -0.15) is 13.2 Å². The van der Waals surface area contributed by atoms with E-state index < -0.39 is 17.5 Å². The smallest absolute Gasteiger partial charge is 0.388 e. The molecule has 1 fully saturated rings. The lowest BCUT2D eigenvalue weighted by Crippen LogP contribution is -2.38. The summed E-state index contributed by atoms with van der Waals surface area (Å²) in [5.41, 5.74) is -0.496. The molecule has 2 aromatic rings. The molecule has 0 amide bonds. The Morgan fingerprint density at radius 2 is 2.15 bits per heavy atom. The number of aromatic amines is 1. The molecule has 0 unspecified atom stereocenters. The highest BCUT2D eigenvalue weighted by Gasteiger charge is 2.34. The van der Waals surface area contributed by atoms with E-state index in [0.29, 0.717) is 18.0 Å². The first-order valence-electron chi connectivity index (χ1n) is 8.06. The van der Waals surface area contributed by atoms with Crippen LogP contribution < -0.4 is 16.4 Å². The van der Waals surface area contributed by atoms with Gasteiger partial charge in [0.1, 0.15) is 0 Å². The average molecular weight is 393 g/mol. The lowest BCUT2D eigenvalue weighted by molar-refractivity contribution is -0.136. The molecular weight excluding hydrogens is 373 g/mol. The van der Waals surface area contributed by atoms with Crippen molar-refractivity contribution >= 4 is 18.1 Å². The minimum Gasteiger partial charge on any atom is -0.388 e. The third-order valence-corrected chi connectivity index (χ3v) is 4.53. The van der Waals surface area contributed by atoms with Crippen LogP contribution in [0.15, 0.2) is 27.4 Å². The first kappa shape index (κ1) is 20.3. The van der Waals surface area contributed by atoms with Crippen molar-refractivity contribution in [3.05, 3.63) is 34.3 Å². The van der Waals surface area contributed by atoms with Crippen LogP contribution in [0.4, 0.5) is 18.9 Å². The van der Waals surface area contributed by atoms with Gasteiger partial charge in [-0.15, -0.1) is 17.5 Å². The zero-order valence-corrected chi connectivity index (χ0v) is 14.8. The SMILES string of the molecule is C[C@H]1CNCC[C@H]1CNc1cc(-c2n[nH]c(=O)o2)ccc1C(F)(F)F.Cl. The topological polar surface area (TPSA) is 83.0 Å². The number of halogens is 4. The van der Waals surface area contributed by atoms with Gasteiger partial charge in [-0.25, -0.2) is 9.89 Å². The molecule has 10 heteroatoms. The van der Waals surface area contributed by atoms with E-state index in [2.05, 4.69) is 27.8 Å². The van der Waals surface area contributed by atoms with Crippen molar-refractivity contribution in [2.24, 2.45) is 11.8 Å². The first-order chi connectivity index (χ1) is 11.8. The monoisotopic (exact) mass is 392 g/mol. The van der Waals surface area contributed by atoms with Crippen molar-refractivity contribution in [2.75, 3.05) is 25.0 Å². The molecule has 6 nitrogen and oxygen atoms in total. The summed E-state index contributed by atoms with van der Waals surface area (Å²) in [4.78, 5) is 11.1. The van der Waals surface area contributed by atoms with Crippen molar-refractivity contribution in [3.63, 3.8) is 0 Å². The second-order valence-corrected chi connectivity index (χ2v) is 6.29. The number of hydrogen-bond donors (Lipinski definition) is 3. The van der Waals surface area contributed by atoms with E-state index in [9.17, 15) is 18.0 Å². The second kappa shape index (κ2) is 8.13. The van der Waals surface area contributed by atoms with Crippen LogP contribution in [-0.4, -0.2) is 29.8 Å². The van der Waals surface area contributed by atoms with Crippen molar-refractivity contribution in [1.82, 2.24) is 15.5 Å². The molecule has 0 radical (unpaired) electrons. The lowest BCUT2D eigenvalue weighted by atomic mass is 9.88. The van der Waals surface area contributed by atoms with Crippen molar-refractivity contribution < 1.29 is 17.6 Å². The Morgan fingerprint density at radius 3 is 2.77 bits per heavy atom. The van der Waals surface area contributed by atoms with E-state index in [0.717, 1.165) is 25.6 Å². The summed E-state index contributed by atoms with van der Waals surface area (Å²) in [6.45, 7) is 4.25. The zero-order valence-electron chi connectivity index (χ0n) is 14.0. The molecule has 0 bridgehead atoms. The standard InChI is InChI=1S/C16H19F3N4O2.ClH/c1-9-7-20-5-4-11(9)8-21-13-6-10(14-22-23-15(24)25-14)2-3-12(13)16(17,18)19;/h2-3,6,9,11,20-21H,4-5,7-8H2,1H3,(H,23,24);1H/t9-,11-;/m0./s1. The summed E-state index contributed by atoms with van der Waals surface area (Å²) in [5, 5.41) is 12.0. The van der Waals surface area contributed by atoms with Crippen molar-refractivity contribution in [3.8, 4) is 11.5 Å². The van der Waals surface area contributed by atoms with Crippen LogP contribution in [-0.2, 0) is 6.18 Å². The molecule has 1 aromatic heterocycles. The average Bonchev–Trinajstić information content (AvgIpc) is 2.99. The second-order valence-electron chi connectivity index (χ2n) is 6.29. The van der Waals surface area contributed by atoms with Crippen molar-refractivity contribution in [2.45, 2.75) is 19.5 Å². The van der Waals surface area contributed by atoms with Crippen molar-refractivity contribution in [1.29, 1.82) is 0 Å². The lowest BCUT2D eigenvalue weighted by Gasteiger charge is -2.30. The molecule has 0 aliphatic carbocycles. The number of nitrogens with one attached hydrogen (secondary N) is 3. The van der Waals surface area contributed by atoms with Crippen LogP contribution >= 0.6 is 12.4 Å². The van der Waals surface area contributed by atoms with Gasteiger partial charge in [0.25, 0.3) is 0 Å². The van der Waals surface area contributed by atoms with Crippen LogP contribution in [0.3, 0.4) is 0 Å². The number of H-pyrrole nitrogens is 1. The summed E-state index contributed by atoms with van der Waals surface area (Å²) in [5.74, 6) is -0.137. The van der Waals surface area contributed by atoms with Gasteiger partial charge in [0, 0.05) is 17.8 Å². The third kappa shape index (κ3) is 4.59. The maximum atomic E-state index is 13.3. The number of hydrogen-bond acceptors (Lipinski definition) is 5. The number of nitrogens with zero attached hydrogens (tertiary/aromatic N) is 1. The Labute approximate surface area is 154 Å². The van der Waals surface area contributed by atoms with E-state index in [-0.39, 0.29) is 29.9 Å². The fraction of sp³-hybridized carbons (Fsp3) is 0.500. The van der Waals surface area contributed by atoms with Crippen LogP contribution in [0.25, 0.3) is 11.5 Å². The summed E-state index contributed by atoms with van der Waals surface area (Å²) in [6, 6.07) is 3.52. The van der Waals surface area contributed by atoms with Gasteiger partial charge in [-0.1, -0.05) is 6.92 Å². The zero-order chi connectivity index (χ0) is 18.0. The molecule has 3 rings (SSSR count). The summed E-state index contributed by atoms with van der Waals surface area (Å²) < 4.78 is 44.7. The van der Waals surface area contributed by atoms with E-state index >= 15 is 0 Å². The van der Waals surface area contributed by atoms with Crippen LogP contribution in [0.2, 0.25) is 0 Å². The van der Waals surface area contributed by atoms with Gasteiger partial charge in [-0.3, -0.25) is 0 Å². The maximum absolute atomic E-state index is 13.3. The number of piperidine rings is 1. The quantitative estimate of drug-likeness (QED) is 0.744. The molecular formula is C16H20ClF3N4O2. The highest BCUT2D eigenvalue weighted by Crippen LogP contribution is 2.37. The molecule has 1 aliphatic rings. The molecule has 0 spiro atoms. The molecule has 1 aliphatic heterocycles. The van der Waals surface area contributed by atoms with Gasteiger partial charge in [0.05, 0.1) is 5.56 Å². The summed E-state index contributed by atoms with van der Waals surface area (Å²) >= 11 is 0. The van der Waals surface area contributed by atoms with Gasteiger partial charge < -0.3 is 15.1 Å². The highest BCUT2D eigenvalue weighted by atomic mass is 35.5. The fourth-order valence-electron chi connectivity index (χ4n) is 3.04. The van der Waals surface area contributed by atoms with E-state index in [1.54, 1.807) is 0 Å². The molecule has 26 heavy (non-hydrogen) atoms. The number of benzene rings is 1. The summed E-state index contributed by atoms with van der Waals surface area (Å²) in [7, 11) is 0. The fourth-order valence-corrected chi connectivity index (χ4v) is 3.04. The number of aromatic nitrogens is 2. The van der Waals surface area contributed by atoms with Gasteiger partial charge in [-0.05, 0) is 49.5 Å². The van der Waals surface area contributed by atoms with Gasteiger partial charge >= 0.3 is 11.9 Å². The molecule has 1 saturated heterocycles. The number of anilines is 1. The van der Waals surface area contributed by atoms with Crippen LogP contribution in [0, 0.1) is 11.8 Å². The van der Waals surface area contributed by atoms with Crippen LogP contribution in [0.1, 0.15) is 18.9 Å². The predicted octanol–water partition coefficient (Wildman–Crippen LogP) is 3.13. The molecule has 144 valence electrons. The minimum atomic E-state index is -4.48. The highest BCUT2D eigenvalue weighted by molar-refractivity contribution is 5.85. The Bertz CT molecular complexity index is 790. The Hall–Kier alpha value is -2.00. The van der Waals surface area contributed by atoms with E-state index in [1.807, 2.05) is 0 Å². The molecule has 1 aromatic carbocycles. The normalized spacial score (nSPS) is 20.5. The predicted molar refractivity (Wildman–Crippen MR) is 93.4 cm³/mol. The Morgan fingerprint density at radius 1 is 1.38 bits per heavy atom. The third-order valence-electron chi connectivity index (χ3n) is 4.53. The van der Waals surface area contributed by atoms with E-state index in [4.69, 9.17) is 4.42 Å². The van der Waals surface area contributed by atoms with Gasteiger partial charge in [0.15, 0.2) is 0 Å². The first-order valence-corrected chi connectivity index (χ1v) is 8.06. The Kier molecular flexibility index (Phi) is 6.35. The molecule has 2 heterocycles. The largest absolute Gasteiger partial charge is 0.434 e. The molecule has 0 saturated carbocycles. The minimum absolute atomic E-state index is 0. The number of rotatable bonds is 4. The molecule has 3 N–H and O–H groups in total. The number of alkyl halides is 3. The van der Waals surface area contributed by atoms with Gasteiger partial charge in [0.2, 0.25) is 5.89 Å². The van der Waals surface area contributed by atoms with Crippen LogP contribution in [0.5, 0.6) is 0 Å². The summed E-state index contributed by atoms with van der Waals surface area (Å²) in [6.07, 6.45) is -3.57. The van der Waals surface area contributed by atoms with E-state index in [1.165, 1.54) is 12.1 Å². The maximum Gasteiger partial charge on any atom is 0.434 e. The Balaban J connectivity index is 0.00000243. The molecule has 2 atom stereocenters.